The smallest absolute Gasteiger partial charge is 0.0801 e. The highest BCUT2D eigenvalue weighted by Crippen LogP contribution is 2.27. The molecule has 1 fully saturated rings. The summed E-state index contributed by atoms with van der Waals surface area (Å²) in [6.07, 6.45) is 1.65. The summed E-state index contributed by atoms with van der Waals surface area (Å²) in [6.45, 7) is 1.68. The number of aliphatic hydroxyl groups excluding tert-OH is 1. The molecule has 2 heterocycles. The van der Waals surface area contributed by atoms with Gasteiger partial charge in [-0.05, 0) is 41.1 Å². The van der Waals surface area contributed by atoms with Crippen molar-refractivity contribution < 1.29 is 9.84 Å². The molecule has 0 aliphatic carbocycles. The molecule has 1 N–H and O–H groups in total. The summed E-state index contributed by atoms with van der Waals surface area (Å²) in [4.78, 5) is 0. The molecular weight excluding hydrogens is 184 g/mol. The Morgan fingerprint density at radius 2 is 2.62 bits per heavy atom. The lowest BCUT2D eigenvalue weighted by atomic mass is 9.98. The van der Waals surface area contributed by atoms with Crippen LogP contribution in [0.2, 0.25) is 0 Å². The van der Waals surface area contributed by atoms with Gasteiger partial charge in [0.15, 0.2) is 0 Å². The predicted octanol–water partition coefficient (Wildman–Crippen LogP) is 2.21. The third-order valence-electron chi connectivity index (χ3n) is 2.51. The quantitative estimate of drug-likeness (QED) is 0.807. The van der Waals surface area contributed by atoms with Crippen molar-refractivity contribution in [3.8, 4) is 0 Å². The van der Waals surface area contributed by atoms with Gasteiger partial charge in [0.05, 0.1) is 6.10 Å². The highest BCUT2D eigenvalue weighted by molar-refractivity contribution is 7.07. The van der Waals surface area contributed by atoms with Crippen LogP contribution < -0.4 is 0 Å². The lowest BCUT2D eigenvalue weighted by Crippen LogP contribution is -2.06. The van der Waals surface area contributed by atoms with Gasteiger partial charge in [0, 0.05) is 13.2 Å². The van der Waals surface area contributed by atoms with Crippen LogP contribution in [0.4, 0.5) is 0 Å². The second-order valence-corrected chi connectivity index (χ2v) is 4.32. The molecule has 0 bridgehead atoms. The van der Waals surface area contributed by atoms with E-state index in [9.17, 15) is 5.11 Å². The van der Waals surface area contributed by atoms with Crippen LogP contribution >= 0.6 is 11.3 Å². The Kier molecular flexibility index (Phi) is 2.98. The number of thiophene rings is 1. The van der Waals surface area contributed by atoms with Crippen LogP contribution in [0.3, 0.4) is 0 Å². The maximum atomic E-state index is 9.82. The van der Waals surface area contributed by atoms with Crippen LogP contribution in [-0.2, 0) is 4.74 Å². The van der Waals surface area contributed by atoms with E-state index >= 15 is 0 Å². The molecule has 0 radical (unpaired) electrons. The van der Waals surface area contributed by atoms with Gasteiger partial charge < -0.3 is 9.84 Å². The summed E-state index contributed by atoms with van der Waals surface area (Å²) < 4.78 is 5.27. The standard InChI is InChI=1S/C10H14O2S/c11-10(9-2-4-13-7-9)5-8-1-3-12-6-8/h2,4,7-8,10-11H,1,3,5-6H2. The second-order valence-electron chi connectivity index (χ2n) is 3.54. The largest absolute Gasteiger partial charge is 0.388 e. The zero-order valence-corrected chi connectivity index (χ0v) is 8.30. The van der Waals surface area contributed by atoms with Crippen molar-refractivity contribution in [2.45, 2.75) is 18.9 Å². The number of hydrogen-bond donors (Lipinski definition) is 1. The van der Waals surface area contributed by atoms with E-state index < -0.39 is 0 Å². The van der Waals surface area contributed by atoms with Crippen LogP contribution in [0.5, 0.6) is 0 Å². The van der Waals surface area contributed by atoms with Gasteiger partial charge in [-0.1, -0.05) is 0 Å². The molecule has 2 atom stereocenters. The first-order valence-electron chi connectivity index (χ1n) is 4.64. The summed E-state index contributed by atoms with van der Waals surface area (Å²) >= 11 is 1.63. The average molecular weight is 198 g/mol. The molecule has 2 unspecified atom stereocenters. The fraction of sp³-hybridized carbons (Fsp3) is 0.600. The molecule has 1 aromatic rings. The molecule has 2 nitrogen and oxygen atoms in total. The third-order valence-corrected chi connectivity index (χ3v) is 3.21. The first kappa shape index (κ1) is 9.19. The minimum Gasteiger partial charge on any atom is -0.388 e. The van der Waals surface area contributed by atoms with Crippen molar-refractivity contribution in [1.82, 2.24) is 0 Å². The third kappa shape index (κ3) is 2.30. The van der Waals surface area contributed by atoms with Crippen molar-refractivity contribution in [3.63, 3.8) is 0 Å². The Morgan fingerprint density at radius 3 is 3.23 bits per heavy atom. The topological polar surface area (TPSA) is 29.5 Å². The predicted molar refractivity (Wildman–Crippen MR) is 52.8 cm³/mol. The van der Waals surface area contributed by atoms with Gasteiger partial charge in [0.1, 0.15) is 0 Å². The van der Waals surface area contributed by atoms with E-state index in [1.54, 1.807) is 11.3 Å². The van der Waals surface area contributed by atoms with E-state index in [4.69, 9.17) is 4.74 Å². The maximum absolute atomic E-state index is 9.82. The van der Waals surface area contributed by atoms with Crippen LogP contribution in [0.25, 0.3) is 0 Å². The van der Waals surface area contributed by atoms with Crippen molar-refractivity contribution in [2.24, 2.45) is 5.92 Å². The molecule has 0 amide bonds. The monoisotopic (exact) mass is 198 g/mol. The molecule has 1 aliphatic rings. The lowest BCUT2D eigenvalue weighted by molar-refractivity contribution is 0.130. The van der Waals surface area contributed by atoms with Gasteiger partial charge in [-0.25, -0.2) is 0 Å². The fourth-order valence-electron chi connectivity index (χ4n) is 1.69. The Balaban J connectivity index is 1.87. The van der Waals surface area contributed by atoms with E-state index in [0.717, 1.165) is 31.6 Å². The highest BCUT2D eigenvalue weighted by atomic mass is 32.1. The van der Waals surface area contributed by atoms with Crippen LogP contribution in [0.1, 0.15) is 24.5 Å². The molecule has 72 valence electrons. The second kappa shape index (κ2) is 4.22. The van der Waals surface area contributed by atoms with Crippen LogP contribution in [0.15, 0.2) is 16.8 Å². The zero-order chi connectivity index (χ0) is 9.10. The van der Waals surface area contributed by atoms with Crippen LogP contribution in [-0.4, -0.2) is 18.3 Å². The van der Waals surface area contributed by atoms with Gasteiger partial charge in [-0.15, -0.1) is 0 Å². The molecule has 1 aliphatic heterocycles. The Bertz CT molecular complexity index is 239. The zero-order valence-electron chi connectivity index (χ0n) is 7.48. The average Bonchev–Trinajstić information content (AvgIpc) is 2.74. The van der Waals surface area contributed by atoms with E-state index in [0.29, 0.717) is 5.92 Å². The number of hydrogen-bond acceptors (Lipinski definition) is 3. The lowest BCUT2D eigenvalue weighted by Gasteiger charge is -2.12. The summed E-state index contributed by atoms with van der Waals surface area (Å²) in [5.41, 5.74) is 1.05. The Labute approximate surface area is 82.2 Å². The Morgan fingerprint density at radius 1 is 1.69 bits per heavy atom. The molecule has 1 saturated heterocycles. The molecule has 0 aromatic carbocycles. The molecule has 0 saturated carbocycles. The number of ether oxygens (including phenoxy) is 1. The van der Waals surface area contributed by atoms with Crippen molar-refractivity contribution in [3.05, 3.63) is 22.4 Å². The van der Waals surface area contributed by atoms with E-state index in [2.05, 4.69) is 0 Å². The summed E-state index contributed by atoms with van der Waals surface area (Å²) in [6, 6.07) is 1.99. The van der Waals surface area contributed by atoms with Gasteiger partial charge >= 0.3 is 0 Å². The van der Waals surface area contributed by atoms with E-state index in [-0.39, 0.29) is 6.10 Å². The summed E-state index contributed by atoms with van der Waals surface area (Å²) in [7, 11) is 0. The van der Waals surface area contributed by atoms with Gasteiger partial charge in [0.2, 0.25) is 0 Å². The molecule has 13 heavy (non-hydrogen) atoms. The van der Waals surface area contributed by atoms with Crippen LogP contribution in [0, 0.1) is 5.92 Å². The number of rotatable bonds is 3. The van der Waals surface area contributed by atoms with Gasteiger partial charge in [0.25, 0.3) is 0 Å². The van der Waals surface area contributed by atoms with Gasteiger partial charge in [-0.3, -0.25) is 0 Å². The van der Waals surface area contributed by atoms with E-state index in [1.165, 1.54) is 0 Å². The minimum atomic E-state index is -0.294. The first-order chi connectivity index (χ1) is 6.36. The van der Waals surface area contributed by atoms with Gasteiger partial charge in [-0.2, -0.15) is 11.3 Å². The molecule has 1 aromatic heterocycles. The fourth-order valence-corrected chi connectivity index (χ4v) is 2.39. The number of aliphatic hydroxyl groups is 1. The van der Waals surface area contributed by atoms with Crippen molar-refractivity contribution in [1.29, 1.82) is 0 Å². The minimum absolute atomic E-state index is 0.294. The SMILES string of the molecule is OC(CC1CCOC1)c1ccsc1. The van der Waals surface area contributed by atoms with E-state index in [1.807, 2.05) is 16.8 Å². The summed E-state index contributed by atoms with van der Waals surface area (Å²) in [5.74, 6) is 0.551. The first-order valence-corrected chi connectivity index (χ1v) is 5.58. The van der Waals surface area contributed by atoms with Crippen molar-refractivity contribution in [2.75, 3.05) is 13.2 Å². The maximum Gasteiger partial charge on any atom is 0.0801 e. The molecular formula is C10H14O2S. The molecule has 0 spiro atoms. The summed E-state index contributed by atoms with van der Waals surface area (Å²) in [5, 5.41) is 13.8. The highest BCUT2D eigenvalue weighted by Gasteiger charge is 2.20. The molecule has 3 heteroatoms. The Hall–Kier alpha value is -0.380. The molecule has 2 rings (SSSR count). The van der Waals surface area contributed by atoms with Crippen molar-refractivity contribution >= 4 is 11.3 Å². The normalized spacial score (nSPS) is 24.8.